The third-order valence-electron chi connectivity index (χ3n) is 5.53. The van der Waals surface area contributed by atoms with E-state index in [0.29, 0.717) is 29.1 Å². The molecule has 1 atom stereocenters. The van der Waals surface area contributed by atoms with Crippen molar-refractivity contribution in [3.63, 3.8) is 0 Å². The minimum Gasteiger partial charge on any atom is -0.373 e. The van der Waals surface area contributed by atoms with Crippen LogP contribution >= 0.6 is 11.6 Å². The van der Waals surface area contributed by atoms with Crippen molar-refractivity contribution in [2.24, 2.45) is 14.1 Å². The van der Waals surface area contributed by atoms with Crippen molar-refractivity contribution in [3.8, 4) is 6.07 Å². The predicted molar refractivity (Wildman–Crippen MR) is 135 cm³/mol. The topological polar surface area (TPSA) is 130 Å². The Hall–Kier alpha value is -4.36. The number of nitrogens with one attached hydrogen (secondary N) is 3. The lowest BCUT2D eigenvalue weighted by molar-refractivity contribution is -0.121. The van der Waals surface area contributed by atoms with Crippen LogP contribution in [0, 0.1) is 11.3 Å². The predicted octanol–water partition coefficient (Wildman–Crippen LogP) is 3.05. The summed E-state index contributed by atoms with van der Waals surface area (Å²) in [4.78, 5) is 29.2. The van der Waals surface area contributed by atoms with Gasteiger partial charge in [0, 0.05) is 61.4 Å². The van der Waals surface area contributed by atoms with E-state index in [1.54, 1.807) is 43.0 Å². The molecular weight excluding hydrogens is 468 g/mol. The van der Waals surface area contributed by atoms with Gasteiger partial charge in [0.2, 0.25) is 5.91 Å². The molecule has 178 valence electrons. The van der Waals surface area contributed by atoms with E-state index < -0.39 is 6.04 Å². The standard InChI is InChI=1S/C24H23ClN8O2/c1-14(24(35)28-11-15-12-29-32(2)13-15)30-20-9-22(34)33(3)21-5-4-16(8-17(20)21)31-19-6-7-27-23(25)18(19)10-26/h4-9,12-14,30H,11H2,1-3H3,(H,27,31)(H,28,35). The zero-order valence-electron chi connectivity index (χ0n) is 19.3. The zero-order chi connectivity index (χ0) is 25.1. The molecule has 0 aliphatic heterocycles. The molecule has 0 aliphatic rings. The summed E-state index contributed by atoms with van der Waals surface area (Å²) in [6.45, 7) is 2.07. The van der Waals surface area contributed by atoms with Crippen molar-refractivity contribution < 1.29 is 4.79 Å². The Bertz CT molecular complexity index is 1520. The van der Waals surface area contributed by atoms with Gasteiger partial charge in [0.25, 0.3) is 5.56 Å². The SMILES string of the molecule is CC(Nc1cc(=O)n(C)c2ccc(Nc3ccnc(Cl)c3C#N)cc12)C(=O)NCc1cnn(C)c1. The average molecular weight is 491 g/mol. The minimum atomic E-state index is -0.609. The van der Waals surface area contributed by atoms with Gasteiger partial charge < -0.3 is 20.5 Å². The highest BCUT2D eigenvalue weighted by Crippen LogP contribution is 2.29. The van der Waals surface area contributed by atoms with E-state index in [2.05, 4.69) is 26.0 Å². The number of halogens is 1. The number of carbonyl (C=O) groups is 1. The molecule has 0 radical (unpaired) electrons. The molecule has 0 saturated carbocycles. The van der Waals surface area contributed by atoms with Gasteiger partial charge in [-0.1, -0.05) is 11.6 Å². The van der Waals surface area contributed by atoms with Crippen LogP contribution < -0.4 is 21.5 Å². The second kappa shape index (κ2) is 9.87. The number of pyridine rings is 2. The van der Waals surface area contributed by atoms with Crippen LogP contribution in [0.5, 0.6) is 0 Å². The summed E-state index contributed by atoms with van der Waals surface area (Å²) in [5.41, 5.74) is 3.28. The summed E-state index contributed by atoms with van der Waals surface area (Å²) in [5.74, 6) is -0.220. The lowest BCUT2D eigenvalue weighted by Crippen LogP contribution is -2.37. The van der Waals surface area contributed by atoms with Gasteiger partial charge in [-0.25, -0.2) is 4.98 Å². The fourth-order valence-corrected chi connectivity index (χ4v) is 3.87. The third-order valence-corrected chi connectivity index (χ3v) is 5.82. The molecule has 35 heavy (non-hydrogen) atoms. The Balaban J connectivity index is 1.61. The Morgan fingerprint density at radius 2 is 2.03 bits per heavy atom. The van der Waals surface area contributed by atoms with E-state index in [9.17, 15) is 14.9 Å². The van der Waals surface area contributed by atoms with Crippen LogP contribution in [0.2, 0.25) is 5.15 Å². The second-order valence-corrected chi connectivity index (χ2v) is 8.41. The van der Waals surface area contributed by atoms with Crippen molar-refractivity contribution in [3.05, 3.63) is 75.6 Å². The molecule has 11 heteroatoms. The van der Waals surface area contributed by atoms with E-state index in [0.717, 1.165) is 10.9 Å². The summed E-state index contributed by atoms with van der Waals surface area (Å²) in [6.07, 6.45) is 5.03. The maximum Gasteiger partial charge on any atom is 0.252 e. The molecule has 3 heterocycles. The molecule has 4 rings (SSSR count). The van der Waals surface area contributed by atoms with Gasteiger partial charge in [0.1, 0.15) is 22.8 Å². The average Bonchev–Trinajstić information content (AvgIpc) is 3.26. The largest absolute Gasteiger partial charge is 0.373 e. The quantitative estimate of drug-likeness (QED) is 0.339. The van der Waals surface area contributed by atoms with Gasteiger partial charge in [-0.05, 0) is 31.2 Å². The highest BCUT2D eigenvalue weighted by molar-refractivity contribution is 6.31. The van der Waals surface area contributed by atoms with E-state index >= 15 is 0 Å². The molecule has 3 aromatic heterocycles. The van der Waals surface area contributed by atoms with E-state index in [1.165, 1.54) is 16.8 Å². The van der Waals surface area contributed by atoms with Gasteiger partial charge in [-0.15, -0.1) is 0 Å². The zero-order valence-corrected chi connectivity index (χ0v) is 20.1. The Labute approximate surface area is 206 Å². The fraction of sp³-hybridized carbons (Fsp3) is 0.208. The molecule has 1 aromatic carbocycles. The van der Waals surface area contributed by atoms with Crippen molar-refractivity contribution in [2.45, 2.75) is 19.5 Å². The van der Waals surface area contributed by atoms with Crippen LogP contribution in [0.3, 0.4) is 0 Å². The summed E-state index contributed by atoms with van der Waals surface area (Å²) in [6, 6.07) is 9.99. The summed E-state index contributed by atoms with van der Waals surface area (Å²) >= 11 is 6.04. The molecule has 10 nitrogen and oxygen atoms in total. The highest BCUT2D eigenvalue weighted by atomic mass is 35.5. The van der Waals surface area contributed by atoms with Gasteiger partial charge in [0.15, 0.2) is 0 Å². The molecule has 3 N–H and O–H groups in total. The van der Waals surface area contributed by atoms with Crippen LogP contribution in [0.1, 0.15) is 18.1 Å². The molecule has 0 fully saturated rings. The number of carbonyl (C=O) groups excluding carboxylic acids is 1. The number of nitriles is 1. The number of rotatable bonds is 7. The molecule has 4 aromatic rings. The lowest BCUT2D eigenvalue weighted by atomic mass is 10.1. The number of hydrogen-bond acceptors (Lipinski definition) is 7. The third kappa shape index (κ3) is 5.10. The summed E-state index contributed by atoms with van der Waals surface area (Å²) in [7, 11) is 3.49. The first-order chi connectivity index (χ1) is 16.8. The van der Waals surface area contributed by atoms with Crippen molar-refractivity contribution in [1.29, 1.82) is 5.26 Å². The van der Waals surface area contributed by atoms with Crippen molar-refractivity contribution in [1.82, 2.24) is 24.6 Å². The number of fused-ring (bicyclic) bond motifs is 1. The Morgan fingerprint density at radius 1 is 1.23 bits per heavy atom. The number of amides is 1. The van der Waals surface area contributed by atoms with Crippen LogP contribution in [-0.2, 0) is 25.4 Å². The molecule has 0 spiro atoms. The Kier molecular flexibility index (Phi) is 6.71. The van der Waals surface area contributed by atoms with Crippen LogP contribution in [-0.4, -0.2) is 31.3 Å². The molecule has 0 aliphatic carbocycles. The van der Waals surface area contributed by atoms with Crippen molar-refractivity contribution in [2.75, 3.05) is 10.6 Å². The Morgan fingerprint density at radius 3 is 2.74 bits per heavy atom. The number of benzene rings is 1. The molecule has 0 saturated heterocycles. The number of anilines is 3. The molecule has 0 bridgehead atoms. The molecular formula is C24H23ClN8O2. The normalized spacial score (nSPS) is 11.6. The summed E-state index contributed by atoms with van der Waals surface area (Å²) < 4.78 is 3.20. The van der Waals surface area contributed by atoms with Gasteiger partial charge >= 0.3 is 0 Å². The first kappa shape index (κ1) is 23.8. The summed E-state index contributed by atoms with van der Waals surface area (Å²) in [5, 5.41) is 23.6. The maximum absolute atomic E-state index is 12.7. The second-order valence-electron chi connectivity index (χ2n) is 8.05. The lowest BCUT2D eigenvalue weighted by Gasteiger charge is -2.18. The number of hydrogen-bond donors (Lipinski definition) is 3. The van der Waals surface area contributed by atoms with E-state index in [4.69, 9.17) is 11.6 Å². The smallest absolute Gasteiger partial charge is 0.252 e. The highest BCUT2D eigenvalue weighted by Gasteiger charge is 2.16. The fourth-order valence-electron chi connectivity index (χ4n) is 3.66. The number of nitrogens with zero attached hydrogens (tertiary/aromatic N) is 5. The van der Waals surface area contributed by atoms with Crippen LogP contribution in [0.4, 0.5) is 17.1 Å². The first-order valence-electron chi connectivity index (χ1n) is 10.7. The van der Waals surface area contributed by atoms with Gasteiger partial charge in [-0.2, -0.15) is 10.4 Å². The van der Waals surface area contributed by atoms with Crippen LogP contribution in [0.25, 0.3) is 10.9 Å². The number of aromatic nitrogens is 4. The monoisotopic (exact) mass is 490 g/mol. The number of aryl methyl sites for hydroxylation is 2. The molecule has 1 amide bonds. The van der Waals surface area contributed by atoms with Gasteiger partial charge in [-0.3, -0.25) is 14.3 Å². The van der Waals surface area contributed by atoms with Crippen molar-refractivity contribution >= 4 is 45.5 Å². The van der Waals surface area contributed by atoms with E-state index in [-0.39, 0.29) is 22.2 Å². The van der Waals surface area contributed by atoms with Crippen LogP contribution in [0.15, 0.2) is 53.7 Å². The molecule has 1 unspecified atom stereocenters. The van der Waals surface area contributed by atoms with E-state index in [1.807, 2.05) is 25.4 Å². The minimum absolute atomic E-state index is 0.106. The first-order valence-corrected chi connectivity index (χ1v) is 11.1. The maximum atomic E-state index is 12.7. The van der Waals surface area contributed by atoms with Gasteiger partial charge in [0.05, 0.1) is 17.4 Å².